The van der Waals surface area contributed by atoms with E-state index in [0.717, 1.165) is 0 Å². The van der Waals surface area contributed by atoms with Gasteiger partial charge in [0.05, 0.1) is 13.2 Å². The van der Waals surface area contributed by atoms with E-state index in [1.807, 2.05) is 0 Å². The number of hydrogen-bond acceptors (Lipinski definition) is 3. The van der Waals surface area contributed by atoms with Crippen molar-refractivity contribution in [1.82, 2.24) is 0 Å². The smallest absolute Gasteiger partial charge is 0.374 e. The van der Waals surface area contributed by atoms with Gasteiger partial charge in [0.2, 0.25) is 5.60 Å². The van der Waals surface area contributed by atoms with Crippen molar-refractivity contribution in [2.45, 2.75) is 11.8 Å². The third-order valence-corrected chi connectivity index (χ3v) is 1.36. The molecule has 6 heteroatoms. The molecule has 60 valence electrons. The molecule has 0 spiro atoms. The zero-order valence-corrected chi connectivity index (χ0v) is 4.81. The van der Waals surface area contributed by atoms with Crippen molar-refractivity contribution in [1.29, 1.82) is 0 Å². The minimum atomic E-state index is -4.56. The van der Waals surface area contributed by atoms with Crippen molar-refractivity contribution >= 4 is 0 Å². The van der Waals surface area contributed by atoms with Crippen molar-refractivity contribution in [3.8, 4) is 0 Å². The Morgan fingerprint density at radius 1 is 1.40 bits per heavy atom. The molecule has 0 saturated carbocycles. The highest BCUT2D eigenvalue weighted by Gasteiger charge is 2.62. The first-order valence-corrected chi connectivity index (χ1v) is 2.49. The van der Waals surface area contributed by atoms with E-state index in [4.69, 9.17) is 5.26 Å². The van der Waals surface area contributed by atoms with Gasteiger partial charge in [0, 0.05) is 0 Å². The van der Waals surface area contributed by atoms with Crippen LogP contribution in [-0.2, 0) is 9.62 Å². The van der Waals surface area contributed by atoms with Crippen LogP contribution in [0.5, 0.6) is 0 Å². The van der Waals surface area contributed by atoms with Crippen LogP contribution >= 0.6 is 0 Å². The molecule has 1 saturated heterocycles. The summed E-state index contributed by atoms with van der Waals surface area (Å²) in [5.41, 5.74) is -2.47. The Labute approximate surface area is 54.3 Å². The average Bonchev–Trinajstić information content (AvgIpc) is 1.58. The van der Waals surface area contributed by atoms with Gasteiger partial charge in [0.15, 0.2) is 0 Å². The van der Waals surface area contributed by atoms with Gasteiger partial charge in [-0.05, 0) is 0 Å². The molecule has 0 aromatic heterocycles. The average molecular weight is 158 g/mol. The normalized spacial score (nSPS) is 24.0. The summed E-state index contributed by atoms with van der Waals surface area (Å²) in [7, 11) is 0. The van der Waals surface area contributed by atoms with Crippen LogP contribution in [-0.4, -0.2) is 30.2 Å². The second kappa shape index (κ2) is 2.08. The quantitative estimate of drug-likeness (QED) is 0.453. The van der Waals surface area contributed by atoms with E-state index in [2.05, 4.69) is 9.62 Å². The van der Waals surface area contributed by atoms with Gasteiger partial charge in [0.25, 0.3) is 0 Å². The van der Waals surface area contributed by atoms with Crippen LogP contribution in [0.4, 0.5) is 13.2 Å². The number of halogens is 3. The molecule has 1 heterocycles. The van der Waals surface area contributed by atoms with Gasteiger partial charge in [-0.1, -0.05) is 0 Å². The summed E-state index contributed by atoms with van der Waals surface area (Å²) >= 11 is 0. The van der Waals surface area contributed by atoms with Crippen LogP contribution in [0.25, 0.3) is 0 Å². The molecule has 1 fully saturated rings. The van der Waals surface area contributed by atoms with Crippen molar-refractivity contribution in [2.75, 3.05) is 13.2 Å². The first-order chi connectivity index (χ1) is 4.52. The predicted molar refractivity (Wildman–Crippen MR) is 23.3 cm³/mol. The summed E-state index contributed by atoms with van der Waals surface area (Å²) in [6.07, 6.45) is -4.56. The van der Waals surface area contributed by atoms with Gasteiger partial charge >= 0.3 is 6.18 Å². The summed E-state index contributed by atoms with van der Waals surface area (Å²) in [5.74, 6) is 0. The number of hydrogen-bond donors (Lipinski definition) is 1. The highest BCUT2D eigenvalue weighted by Crippen LogP contribution is 2.38. The molecule has 0 aliphatic carbocycles. The lowest BCUT2D eigenvalue weighted by Gasteiger charge is -2.38. The fraction of sp³-hybridized carbons (Fsp3) is 1.00. The standard InChI is InChI=1S/C4H5F3O3/c5-4(6,7)3(10-8)1-9-2-3/h8H,1-2H2. The minimum absolute atomic E-state index is 0.632. The first kappa shape index (κ1) is 7.77. The predicted octanol–water partition coefficient (Wildman–Crippen LogP) is 0.807. The van der Waals surface area contributed by atoms with E-state index in [1.165, 1.54) is 0 Å². The van der Waals surface area contributed by atoms with Crippen LogP contribution in [0.2, 0.25) is 0 Å². The molecule has 0 aromatic rings. The van der Waals surface area contributed by atoms with Crippen molar-refractivity contribution < 1.29 is 28.1 Å². The molecule has 0 bridgehead atoms. The maximum atomic E-state index is 11.8. The van der Waals surface area contributed by atoms with Crippen LogP contribution in [0.1, 0.15) is 0 Å². The van der Waals surface area contributed by atoms with E-state index >= 15 is 0 Å². The first-order valence-electron chi connectivity index (χ1n) is 2.49. The Hall–Kier alpha value is -0.330. The van der Waals surface area contributed by atoms with Gasteiger partial charge < -0.3 is 4.74 Å². The molecule has 0 radical (unpaired) electrons. The fourth-order valence-corrected chi connectivity index (χ4v) is 0.556. The SMILES string of the molecule is OOC1(C(F)(F)F)COC1. The van der Waals surface area contributed by atoms with E-state index < -0.39 is 25.0 Å². The van der Waals surface area contributed by atoms with Gasteiger partial charge in [-0.15, -0.1) is 0 Å². The largest absolute Gasteiger partial charge is 0.425 e. The number of alkyl halides is 3. The lowest BCUT2D eigenvalue weighted by Crippen LogP contribution is -2.61. The summed E-state index contributed by atoms with van der Waals surface area (Å²) in [6, 6.07) is 0. The molecule has 1 rings (SSSR count). The Bertz CT molecular complexity index is 123. The summed E-state index contributed by atoms with van der Waals surface area (Å²) < 4.78 is 39.6. The van der Waals surface area contributed by atoms with E-state index in [0.29, 0.717) is 0 Å². The van der Waals surface area contributed by atoms with Crippen molar-refractivity contribution in [3.05, 3.63) is 0 Å². The summed E-state index contributed by atoms with van der Waals surface area (Å²) in [5, 5.41) is 7.87. The van der Waals surface area contributed by atoms with E-state index in [-0.39, 0.29) is 0 Å². The second-order valence-electron chi connectivity index (χ2n) is 2.08. The summed E-state index contributed by atoms with van der Waals surface area (Å²) in [4.78, 5) is 3.29. The molecule has 1 N–H and O–H groups in total. The Morgan fingerprint density at radius 3 is 1.90 bits per heavy atom. The van der Waals surface area contributed by atoms with E-state index in [1.54, 1.807) is 0 Å². The van der Waals surface area contributed by atoms with Crippen LogP contribution < -0.4 is 0 Å². The number of ether oxygens (including phenoxy) is 1. The van der Waals surface area contributed by atoms with Crippen LogP contribution in [0.3, 0.4) is 0 Å². The Morgan fingerprint density at radius 2 is 1.90 bits per heavy atom. The zero-order chi connectivity index (χ0) is 7.83. The number of rotatable bonds is 1. The maximum Gasteiger partial charge on any atom is 0.425 e. The minimum Gasteiger partial charge on any atom is -0.374 e. The lowest BCUT2D eigenvalue weighted by molar-refractivity contribution is -0.449. The zero-order valence-electron chi connectivity index (χ0n) is 4.81. The second-order valence-corrected chi connectivity index (χ2v) is 2.08. The monoisotopic (exact) mass is 158 g/mol. The highest BCUT2D eigenvalue weighted by atomic mass is 19.4. The van der Waals surface area contributed by atoms with Gasteiger partial charge in [-0.2, -0.15) is 13.2 Å². The van der Waals surface area contributed by atoms with Gasteiger partial charge in [0.1, 0.15) is 0 Å². The molecule has 0 amide bonds. The molecule has 10 heavy (non-hydrogen) atoms. The molecule has 0 atom stereocenters. The lowest BCUT2D eigenvalue weighted by atomic mass is 10.0. The third-order valence-electron chi connectivity index (χ3n) is 1.36. The molecule has 1 aliphatic rings. The van der Waals surface area contributed by atoms with Crippen LogP contribution in [0, 0.1) is 0 Å². The van der Waals surface area contributed by atoms with Gasteiger partial charge in [-0.25, -0.2) is 4.89 Å². The molecule has 0 aromatic carbocycles. The Balaban J connectivity index is 2.65. The fourth-order valence-electron chi connectivity index (χ4n) is 0.556. The van der Waals surface area contributed by atoms with E-state index in [9.17, 15) is 13.2 Å². The summed E-state index contributed by atoms with van der Waals surface area (Å²) in [6.45, 7) is -1.26. The molecule has 3 nitrogen and oxygen atoms in total. The molecular formula is C4H5F3O3. The molecule has 0 unspecified atom stereocenters. The topological polar surface area (TPSA) is 38.7 Å². The van der Waals surface area contributed by atoms with Crippen molar-refractivity contribution in [3.63, 3.8) is 0 Å². The third kappa shape index (κ3) is 0.882. The van der Waals surface area contributed by atoms with Crippen molar-refractivity contribution in [2.24, 2.45) is 0 Å². The maximum absolute atomic E-state index is 11.8. The van der Waals surface area contributed by atoms with Gasteiger partial charge in [-0.3, -0.25) is 5.26 Å². The van der Waals surface area contributed by atoms with Crippen LogP contribution in [0.15, 0.2) is 0 Å². The molecular weight excluding hydrogens is 153 g/mol. The Kier molecular flexibility index (Phi) is 1.61. The highest BCUT2D eigenvalue weighted by molar-refractivity contribution is 4.93. The molecule has 1 aliphatic heterocycles.